The summed E-state index contributed by atoms with van der Waals surface area (Å²) in [5, 5.41) is 8.72. The van der Waals surface area contributed by atoms with E-state index in [9.17, 15) is 0 Å². The van der Waals surface area contributed by atoms with Gasteiger partial charge in [0.05, 0.1) is 25.2 Å². The summed E-state index contributed by atoms with van der Waals surface area (Å²) in [6, 6.07) is 2.03. The van der Waals surface area contributed by atoms with Gasteiger partial charge in [0.15, 0.2) is 0 Å². The summed E-state index contributed by atoms with van der Waals surface area (Å²) in [5.41, 5.74) is 0. The highest BCUT2D eigenvalue weighted by Crippen LogP contribution is 2.04. The van der Waals surface area contributed by atoms with E-state index in [1.165, 1.54) is 0 Å². The minimum absolute atomic E-state index is 0.0649. The van der Waals surface area contributed by atoms with Gasteiger partial charge in [-0.3, -0.25) is 0 Å². The third-order valence-electron chi connectivity index (χ3n) is 2.31. The number of nitrogens with zero attached hydrogens (tertiary/aromatic N) is 1. The van der Waals surface area contributed by atoms with Crippen molar-refractivity contribution in [2.24, 2.45) is 17.8 Å². The highest BCUT2D eigenvalue weighted by Gasteiger charge is 2.24. The molecule has 0 radical (unpaired) electrons. The molecule has 1 unspecified atom stereocenters. The number of hydrogen-bond donors (Lipinski definition) is 0. The van der Waals surface area contributed by atoms with Crippen molar-refractivity contribution in [3.8, 4) is 55.4 Å². The maximum Gasteiger partial charge on any atom is 0.639 e. The van der Waals surface area contributed by atoms with Crippen LogP contribution < -0.4 is 0 Å². The fraction of sp³-hybridized carbons (Fsp3) is 0.438. The van der Waals surface area contributed by atoms with Crippen LogP contribution in [0.15, 0.2) is 0 Å². The van der Waals surface area contributed by atoms with Gasteiger partial charge in [0.2, 0.25) is 0 Å². The van der Waals surface area contributed by atoms with Crippen molar-refractivity contribution in [2.75, 3.05) is 19.8 Å². The summed E-state index contributed by atoms with van der Waals surface area (Å²) in [7, 11) is -1.03. The third-order valence-corrected chi connectivity index (χ3v) is 2.31. The van der Waals surface area contributed by atoms with Crippen molar-refractivity contribution in [3.05, 3.63) is 0 Å². The van der Waals surface area contributed by atoms with Gasteiger partial charge in [-0.25, -0.2) is 0 Å². The lowest BCUT2D eigenvalue weighted by molar-refractivity contribution is 0.0820. The first kappa shape index (κ1) is 18.7. The molecule has 21 heavy (non-hydrogen) atoms. The molecule has 0 spiro atoms. The Morgan fingerprint density at radius 2 is 1.24 bits per heavy atom. The van der Waals surface area contributed by atoms with Crippen LogP contribution in [0.4, 0.5) is 0 Å². The highest BCUT2D eigenvalue weighted by atomic mass is 16.7. The van der Waals surface area contributed by atoms with E-state index in [2.05, 4.69) is 23.7 Å². The largest absolute Gasteiger partial charge is 0.639 e. The van der Waals surface area contributed by atoms with Crippen molar-refractivity contribution in [2.45, 2.75) is 6.92 Å². The lowest BCUT2D eigenvalue weighted by Gasteiger charge is -2.16. The van der Waals surface area contributed by atoms with E-state index in [0.717, 1.165) is 0 Å². The smallest absolute Gasteiger partial charge is 0.385 e. The Labute approximate surface area is 127 Å². The van der Waals surface area contributed by atoms with E-state index in [1.54, 1.807) is 6.92 Å². The van der Waals surface area contributed by atoms with Crippen molar-refractivity contribution < 1.29 is 14.0 Å². The zero-order valence-electron chi connectivity index (χ0n) is 11.9. The molecule has 5 heteroatoms. The van der Waals surface area contributed by atoms with Gasteiger partial charge in [-0.05, 0) is 6.92 Å². The minimum atomic E-state index is -1.03. The monoisotopic (exact) mass is 281 g/mol. The summed E-state index contributed by atoms with van der Waals surface area (Å²) in [6.45, 7) is 1.97. The summed E-state index contributed by atoms with van der Waals surface area (Å²) < 4.78 is 16.0. The van der Waals surface area contributed by atoms with E-state index < -0.39 is 19.2 Å². The maximum absolute atomic E-state index is 8.72. The number of nitriles is 1. The number of hydrogen-bond acceptors (Lipinski definition) is 4. The Bertz CT molecular complexity index is 448. The Kier molecular flexibility index (Phi) is 10.2. The van der Waals surface area contributed by atoms with E-state index in [1.807, 2.05) is 6.07 Å². The van der Waals surface area contributed by atoms with E-state index in [0.29, 0.717) is 0 Å². The van der Waals surface area contributed by atoms with Crippen LogP contribution in [0, 0.1) is 78.5 Å². The zero-order valence-corrected chi connectivity index (χ0v) is 11.9. The summed E-state index contributed by atoms with van der Waals surface area (Å²) in [6.07, 6.45) is 20.9. The van der Waals surface area contributed by atoms with Crippen LogP contribution >= 0.6 is 0 Å². The van der Waals surface area contributed by atoms with Crippen molar-refractivity contribution in [3.63, 3.8) is 0 Å². The molecular formula is C16H16BNO3. The second-order valence-corrected chi connectivity index (χ2v) is 4.09. The number of rotatable bonds is 9. The maximum atomic E-state index is 8.72. The molecule has 0 aliphatic rings. The molecule has 0 aromatic heterocycles. The predicted molar refractivity (Wildman–Crippen MR) is 80.7 cm³/mol. The van der Waals surface area contributed by atoms with E-state index >= 15 is 0 Å². The zero-order chi connectivity index (χ0) is 16.1. The van der Waals surface area contributed by atoms with Crippen LogP contribution in [0.2, 0.25) is 0 Å². The average molecular weight is 281 g/mol. The van der Waals surface area contributed by atoms with Crippen LogP contribution in [0.5, 0.6) is 0 Å². The van der Waals surface area contributed by atoms with Crippen LogP contribution in [0.1, 0.15) is 6.92 Å². The van der Waals surface area contributed by atoms with Crippen LogP contribution in [0.3, 0.4) is 0 Å². The first-order chi connectivity index (χ1) is 10.1. The molecule has 1 atom stereocenters. The molecule has 0 amide bonds. The van der Waals surface area contributed by atoms with Gasteiger partial charge in [-0.2, -0.15) is 5.26 Å². The third kappa shape index (κ3) is 8.45. The van der Waals surface area contributed by atoms with Crippen molar-refractivity contribution in [1.82, 2.24) is 0 Å². The first-order valence-electron chi connectivity index (χ1n) is 6.20. The first-order valence-corrected chi connectivity index (χ1v) is 6.20. The van der Waals surface area contributed by atoms with E-state index in [-0.39, 0.29) is 25.7 Å². The quantitative estimate of drug-likeness (QED) is 0.466. The Hall–Kier alpha value is -2.33. The molecule has 0 bridgehead atoms. The Morgan fingerprint density at radius 1 is 0.857 bits per heavy atom. The molecule has 0 aliphatic carbocycles. The Balaban J connectivity index is 4.46. The van der Waals surface area contributed by atoms with Gasteiger partial charge in [-0.15, -0.1) is 25.7 Å². The van der Waals surface area contributed by atoms with Gasteiger partial charge < -0.3 is 14.0 Å². The topological polar surface area (TPSA) is 51.5 Å². The predicted octanol–water partition coefficient (Wildman–Crippen LogP) is 0.946. The fourth-order valence-electron chi connectivity index (χ4n) is 1.04. The molecule has 0 saturated carbocycles. The molecular weight excluding hydrogens is 265 g/mol. The van der Waals surface area contributed by atoms with Crippen LogP contribution in [-0.2, 0) is 14.0 Å². The second kappa shape index (κ2) is 11.5. The normalized spacial score (nSPS) is 10.8. The van der Waals surface area contributed by atoms with Gasteiger partial charge >= 0.3 is 7.32 Å². The molecule has 0 aromatic carbocycles. The molecule has 0 saturated heterocycles. The molecule has 0 aliphatic heterocycles. The van der Waals surface area contributed by atoms with Gasteiger partial charge in [0, 0.05) is 6.61 Å². The summed E-state index contributed by atoms with van der Waals surface area (Å²) >= 11 is 0. The van der Waals surface area contributed by atoms with Gasteiger partial charge in [0.25, 0.3) is 0 Å². The average Bonchev–Trinajstić information content (AvgIpc) is 2.52. The van der Waals surface area contributed by atoms with Crippen molar-refractivity contribution in [1.29, 1.82) is 5.26 Å². The molecule has 0 heterocycles. The lowest BCUT2D eigenvalue weighted by atomic mass is 10.1. The number of terminal acetylenes is 4. The molecule has 106 valence electrons. The van der Waals surface area contributed by atoms with E-state index in [4.69, 9.17) is 44.9 Å². The molecule has 0 rings (SSSR count). The molecule has 0 N–H and O–H groups in total. The van der Waals surface area contributed by atoms with Gasteiger partial charge in [-0.1, -0.05) is 23.7 Å². The fourth-order valence-corrected chi connectivity index (χ4v) is 1.04. The highest BCUT2D eigenvalue weighted by molar-refractivity contribution is 6.36. The second-order valence-electron chi connectivity index (χ2n) is 4.09. The molecule has 0 fully saturated rings. The lowest BCUT2D eigenvalue weighted by Crippen LogP contribution is -2.32. The van der Waals surface area contributed by atoms with Crippen molar-refractivity contribution >= 4 is 7.32 Å². The van der Waals surface area contributed by atoms with Gasteiger partial charge in [0.1, 0.15) is 11.8 Å². The summed E-state index contributed by atoms with van der Waals surface area (Å²) in [5.74, 6) is 8.22. The van der Waals surface area contributed by atoms with Crippen LogP contribution in [0.25, 0.3) is 0 Å². The Morgan fingerprint density at radius 3 is 1.57 bits per heavy atom. The summed E-state index contributed by atoms with van der Waals surface area (Å²) in [4.78, 5) is 0. The molecule has 0 aromatic rings. The SMILES string of the molecule is C#CC(C#C)COB(OCC(C)C#N)OCC(C#C)C#C. The minimum Gasteiger partial charge on any atom is -0.385 e. The molecule has 4 nitrogen and oxygen atoms in total. The van der Waals surface area contributed by atoms with Crippen LogP contribution in [-0.4, -0.2) is 27.1 Å². The standard InChI is InChI=1S/C16H16BNO3/c1-6-15(7-2)12-20-17(19-11-14(5)10-18)21-13-16(8-3)9-4/h1-4,14-16H,11-13H2,5H3.